The summed E-state index contributed by atoms with van der Waals surface area (Å²) in [7, 11) is 0. The average molecular weight is 286 g/mol. The molecular weight excluding hydrogens is 264 g/mol. The molecule has 4 nitrogen and oxygen atoms in total. The highest BCUT2D eigenvalue weighted by molar-refractivity contribution is 5.72. The van der Waals surface area contributed by atoms with Crippen molar-refractivity contribution in [3.63, 3.8) is 0 Å². The quantitative estimate of drug-likeness (QED) is 0.875. The molecule has 1 aromatic rings. The van der Waals surface area contributed by atoms with Crippen LogP contribution in [0.2, 0.25) is 0 Å². The molecule has 3 aliphatic rings. The molecule has 0 radical (unpaired) electrons. The van der Waals surface area contributed by atoms with Gasteiger partial charge in [0.15, 0.2) is 0 Å². The van der Waals surface area contributed by atoms with Gasteiger partial charge < -0.3 is 15.3 Å². The van der Waals surface area contributed by atoms with Gasteiger partial charge in [-0.1, -0.05) is 30.3 Å². The van der Waals surface area contributed by atoms with Crippen molar-refractivity contribution in [2.24, 2.45) is 23.7 Å². The fourth-order valence-corrected chi connectivity index (χ4v) is 4.44. The number of fused-ring (bicyclic) bond motifs is 1. The lowest BCUT2D eigenvalue weighted by atomic mass is 9.89. The summed E-state index contributed by atoms with van der Waals surface area (Å²) in [5, 5.41) is 13.0. The molecule has 3 fully saturated rings. The van der Waals surface area contributed by atoms with E-state index in [0.717, 1.165) is 43.9 Å². The molecule has 2 saturated heterocycles. The Morgan fingerprint density at radius 2 is 1.90 bits per heavy atom. The number of carbonyl (C=O) groups is 1. The maximum Gasteiger partial charge on any atom is 0.308 e. The van der Waals surface area contributed by atoms with Gasteiger partial charge in [0, 0.05) is 25.6 Å². The normalized spacial score (nSPS) is 38.4. The summed E-state index contributed by atoms with van der Waals surface area (Å²) in [5.41, 5.74) is 1.17. The first-order valence-electron chi connectivity index (χ1n) is 7.95. The Hall–Kier alpha value is -1.39. The molecule has 1 aromatic carbocycles. The molecule has 4 heteroatoms. The van der Waals surface area contributed by atoms with E-state index in [1.165, 1.54) is 5.56 Å². The summed E-state index contributed by atoms with van der Waals surface area (Å²) >= 11 is 0. The summed E-state index contributed by atoms with van der Waals surface area (Å²) in [6.07, 6.45) is 0. The van der Waals surface area contributed by atoms with Gasteiger partial charge in [0.05, 0.1) is 5.92 Å². The Labute approximate surface area is 125 Å². The van der Waals surface area contributed by atoms with Crippen LogP contribution < -0.4 is 5.32 Å². The van der Waals surface area contributed by atoms with Gasteiger partial charge in [-0.2, -0.15) is 0 Å². The Bertz CT molecular complexity index is 523. The number of hydrogen-bond donors (Lipinski definition) is 2. The minimum absolute atomic E-state index is 0.139. The third kappa shape index (κ3) is 2.36. The molecule has 4 rings (SSSR count). The number of nitrogens with zero attached hydrogens (tertiary/aromatic N) is 1. The van der Waals surface area contributed by atoms with Crippen molar-refractivity contribution in [1.82, 2.24) is 10.2 Å². The Kier molecular flexibility index (Phi) is 3.23. The maximum absolute atomic E-state index is 11.6. The SMILES string of the molecule is O=C(O)[C@@H]1CN(CC2[C@H]3CNC[C@@H]23)C[C@H]1c1ccccc1. The fraction of sp³-hybridized carbons (Fsp3) is 0.588. The summed E-state index contributed by atoms with van der Waals surface area (Å²) in [5.74, 6) is 1.73. The van der Waals surface area contributed by atoms with Gasteiger partial charge in [0.1, 0.15) is 0 Å². The van der Waals surface area contributed by atoms with E-state index in [-0.39, 0.29) is 11.8 Å². The van der Waals surface area contributed by atoms with Gasteiger partial charge in [0.2, 0.25) is 0 Å². The van der Waals surface area contributed by atoms with Crippen molar-refractivity contribution in [3.8, 4) is 0 Å². The molecule has 2 N–H and O–H groups in total. The number of piperidine rings is 1. The number of aliphatic carboxylic acids is 1. The molecule has 21 heavy (non-hydrogen) atoms. The number of benzene rings is 1. The second kappa shape index (κ2) is 5.11. The number of hydrogen-bond acceptors (Lipinski definition) is 3. The Morgan fingerprint density at radius 1 is 1.19 bits per heavy atom. The zero-order valence-corrected chi connectivity index (χ0v) is 12.1. The van der Waals surface area contributed by atoms with E-state index < -0.39 is 5.97 Å². The van der Waals surface area contributed by atoms with E-state index in [1.807, 2.05) is 18.2 Å². The average Bonchev–Trinajstić information content (AvgIpc) is 2.89. The predicted octanol–water partition coefficient (Wildman–Crippen LogP) is 1.25. The predicted molar refractivity (Wildman–Crippen MR) is 80.1 cm³/mol. The van der Waals surface area contributed by atoms with Crippen LogP contribution in [0, 0.1) is 23.7 Å². The van der Waals surface area contributed by atoms with E-state index in [1.54, 1.807) is 0 Å². The molecular formula is C17H22N2O2. The first-order chi connectivity index (χ1) is 10.2. The summed E-state index contributed by atoms with van der Waals surface area (Å²) in [6.45, 7) is 5.01. The highest BCUT2D eigenvalue weighted by Gasteiger charge is 2.53. The van der Waals surface area contributed by atoms with E-state index in [2.05, 4.69) is 22.3 Å². The first-order valence-corrected chi connectivity index (χ1v) is 7.95. The van der Waals surface area contributed by atoms with Gasteiger partial charge in [-0.25, -0.2) is 0 Å². The zero-order chi connectivity index (χ0) is 14.4. The minimum atomic E-state index is -0.649. The second-order valence-electron chi connectivity index (χ2n) is 6.83. The van der Waals surface area contributed by atoms with Crippen molar-refractivity contribution in [1.29, 1.82) is 0 Å². The smallest absolute Gasteiger partial charge is 0.308 e. The van der Waals surface area contributed by atoms with Crippen molar-refractivity contribution >= 4 is 5.97 Å². The molecule has 0 aromatic heterocycles. The lowest BCUT2D eigenvalue weighted by Crippen LogP contribution is -2.28. The van der Waals surface area contributed by atoms with Crippen LogP contribution in [0.25, 0.3) is 0 Å². The summed E-state index contributed by atoms with van der Waals surface area (Å²) in [4.78, 5) is 14.0. The molecule has 1 saturated carbocycles. The number of carboxylic acid groups (broad SMARTS) is 1. The summed E-state index contributed by atoms with van der Waals surface area (Å²) < 4.78 is 0. The van der Waals surface area contributed by atoms with E-state index >= 15 is 0 Å². The minimum Gasteiger partial charge on any atom is -0.481 e. The number of carboxylic acids is 1. The largest absolute Gasteiger partial charge is 0.481 e. The topological polar surface area (TPSA) is 52.6 Å². The van der Waals surface area contributed by atoms with E-state index in [4.69, 9.17) is 0 Å². The zero-order valence-electron chi connectivity index (χ0n) is 12.1. The van der Waals surface area contributed by atoms with Gasteiger partial charge >= 0.3 is 5.97 Å². The van der Waals surface area contributed by atoms with Crippen LogP contribution in [0.1, 0.15) is 11.5 Å². The lowest BCUT2D eigenvalue weighted by Gasteiger charge is -2.17. The van der Waals surface area contributed by atoms with Crippen molar-refractivity contribution < 1.29 is 9.90 Å². The van der Waals surface area contributed by atoms with Crippen LogP contribution in [0.4, 0.5) is 0 Å². The Morgan fingerprint density at radius 3 is 2.57 bits per heavy atom. The number of nitrogens with one attached hydrogen (secondary N) is 1. The van der Waals surface area contributed by atoms with Crippen molar-refractivity contribution in [3.05, 3.63) is 35.9 Å². The molecule has 0 amide bonds. The third-order valence-electron chi connectivity index (χ3n) is 5.68. The number of rotatable bonds is 4. The monoisotopic (exact) mass is 286 g/mol. The van der Waals surface area contributed by atoms with Crippen molar-refractivity contribution in [2.45, 2.75) is 5.92 Å². The van der Waals surface area contributed by atoms with Gasteiger partial charge in [-0.05, 0) is 36.4 Å². The maximum atomic E-state index is 11.6. The molecule has 2 heterocycles. The van der Waals surface area contributed by atoms with Gasteiger partial charge in [-0.3, -0.25) is 4.79 Å². The van der Waals surface area contributed by atoms with E-state index in [9.17, 15) is 9.90 Å². The summed E-state index contributed by atoms with van der Waals surface area (Å²) in [6, 6.07) is 10.1. The van der Waals surface area contributed by atoms with Crippen LogP contribution in [-0.2, 0) is 4.79 Å². The van der Waals surface area contributed by atoms with Crippen LogP contribution in [0.3, 0.4) is 0 Å². The van der Waals surface area contributed by atoms with Crippen LogP contribution in [-0.4, -0.2) is 48.7 Å². The van der Waals surface area contributed by atoms with Crippen LogP contribution >= 0.6 is 0 Å². The highest BCUT2D eigenvalue weighted by Crippen LogP contribution is 2.49. The molecule has 0 bridgehead atoms. The fourth-order valence-electron chi connectivity index (χ4n) is 4.44. The van der Waals surface area contributed by atoms with E-state index in [0.29, 0.717) is 6.54 Å². The second-order valence-corrected chi connectivity index (χ2v) is 6.83. The first kappa shape index (κ1) is 13.3. The molecule has 5 atom stereocenters. The van der Waals surface area contributed by atoms with Crippen molar-refractivity contribution in [2.75, 3.05) is 32.7 Å². The molecule has 1 aliphatic carbocycles. The lowest BCUT2D eigenvalue weighted by molar-refractivity contribution is -0.141. The van der Waals surface area contributed by atoms with Crippen LogP contribution in [0.5, 0.6) is 0 Å². The highest BCUT2D eigenvalue weighted by atomic mass is 16.4. The third-order valence-corrected chi connectivity index (χ3v) is 5.68. The molecule has 0 spiro atoms. The number of likely N-dealkylation sites (tertiary alicyclic amines) is 1. The molecule has 112 valence electrons. The van der Waals surface area contributed by atoms with Gasteiger partial charge in [-0.15, -0.1) is 0 Å². The standard InChI is InChI=1S/C17H22N2O2/c20-17(21)16-10-19(9-15-12-6-18-7-13(12)15)8-14(16)11-4-2-1-3-5-11/h1-5,12-16,18H,6-10H2,(H,20,21)/t12-,13+,14-,15?,16+/m0/s1. The molecule has 2 aliphatic heterocycles. The molecule has 1 unspecified atom stereocenters. The Balaban J connectivity index is 1.45. The van der Waals surface area contributed by atoms with Gasteiger partial charge in [0.25, 0.3) is 0 Å². The van der Waals surface area contributed by atoms with Crippen LogP contribution in [0.15, 0.2) is 30.3 Å².